The summed E-state index contributed by atoms with van der Waals surface area (Å²) in [5.74, 6) is 0.838. The van der Waals surface area contributed by atoms with Gasteiger partial charge in [-0.15, -0.1) is 11.3 Å². The molecule has 1 atom stereocenters. The van der Waals surface area contributed by atoms with Crippen molar-refractivity contribution >= 4 is 34.9 Å². The van der Waals surface area contributed by atoms with E-state index in [9.17, 15) is 9.59 Å². The molecule has 7 heteroatoms. The van der Waals surface area contributed by atoms with Gasteiger partial charge in [-0.05, 0) is 19.1 Å². The minimum absolute atomic E-state index is 0.0155. The monoisotopic (exact) mass is 353 g/mol. The minimum atomic E-state index is -0.201. The molecule has 1 aliphatic carbocycles. The fraction of sp³-hybridized carbons (Fsp3) is 0.688. The maximum absolute atomic E-state index is 12.3. The average Bonchev–Trinajstić information content (AvgIpc) is 3.25. The molecule has 3 rings (SSSR count). The van der Waals surface area contributed by atoms with Gasteiger partial charge in [0.25, 0.3) is 0 Å². The van der Waals surface area contributed by atoms with E-state index in [4.69, 9.17) is 0 Å². The number of carbonyl (C=O) groups is 2. The number of likely N-dealkylation sites (tertiary alicyclic amines) is 1. The number of thioether (sulfide) groups is 1. The van der Waals surface area contributed by atoms with E-state index in [0.717, 1.165) is 29.3 Å². The van der Waals surface area contributed by atoms with Gasteiger partial charge < -0.3 is 10.2 Å². The Hall–Kier alpha value is -1.08. The maximum atomic E-state index is 12.3. The lowest BCUT2D eigenvalue weighted by Gasteiger charge is -2.23. The van der Waals surface area contributed by atoms with Crippen LogP contribution in [0.4, 0.5) is 0 Å². The molecule has 0 spiro atoms. The zero-order valence-electron chi connectivity index (χ0n) is 13.4. The van der Waals surface area contributed by atoms with Crippen LogP contribution in [-0.2, 0) is 21.9 Å². The van der Waals surface area contributed by atoms with Crippen molar-refractivity contribution in [2.75, 3.05) is 12.8 Å². The molecule has 2 fully saturated rings. The van der Waals surface area contributed by atoms with Gasteiger partial charge in [0.1, 0.15) is 5.01 Å². The molecule has 0 aromatic carbocycles. The second-order valence-electron chi connectivity index (χ2n) is 6.27. The lowest BCUT2D eigenvalue weighted by Crippen LogP contribution is -2.36. The van der Waals surface area contributed by atoms with Gasteiger partial charge in [0.2, 0.25) is 11.8 Å². The summed E-state index contributed by atoms with van der Waals surface area (Å²) in [6, 6.07) is 0.368. The van der Waals surface area contributed by atoms with Gasteiger partial charge >= 0.3 is 0 Å². The van der Waals surface area contributed by atoms with Gasteiger partial charge in [0, 0.05) is 30.1 Å². The van der Waals surface area contributed by atoms with Crippen molar-refractivity contribution in [2.24, 2.45) is 5.92 Å². The number of carbonyl (C=O) groups excluding carboxylic acids is 2. The summed E-state index contributed by atoms with van der Waals surface area (Å²) in [7, 11) is 0. The van der Waals surface area contributed by atoms with Crippen LogP contribution in [0, 0.1) is 5.92 Å². The molecule has 2 aliphatic rings. The Morgan fingerprint density at radius 2 is 2.26 bits per heavy atom. The SMILES string of the molecule is CSCc1nc(CNC(=O)[C@@H]2CC(=O)N(C3CCCC3)C2)cs1. The molecule has 1 saturated carbocycles. The Morgan fingerprint density at radius 3 is 3.00 bits per heavy atom. The van der Waals surface area contributed by atoms with Gasteiger partial charge in [-0.3, -0.25) is 9.59 Å². The Bertz CT molecular complexity index is 569. The van der Waals surface area contributed by atoms with Crippen LogP contribution in [-0.4, -0.2) is 40.5 Å². The number of aromatic nitrogens is 1. The normalized spacial score (nSPS) is 22.0. The van der Waals surface area contributed by atoms with Crippen molar-refractivity contribution in [3.63, 3.8) is 0 Å². The van der Waals surface area contributed by atoms with Crippen LogP contribution in [0.1, 0.15) is 42.8 Å². The van der Waals surface area contributed by atoms with Crippen LogP contribution in [0.25, 0.3) is 0 Å². The number of thiazole rings is 1. The van der Waals surface area contributed by atoms with E-state index in [1.54, 1.807) is 23.1 Å². The number of hydrogen-bond acceptors (Lipinski definition) is 5. The highest BCUT2D eigenvalue weighted by molar-refractivity contribution is 7.97. The summed E-state index contributed by atoms with van der Waals surface area (Å²) >= 11 is 3.37. The minimum Gasteiger partial charge on any atom is -0.350 e. The van der Waals surface area contributed by atoms with E-state index in [1.165, 1.54) is 12.8 Å². The molecule has 0 bridgehead atoms. The fourth-order valence-electron chi connectivity index (χ4n) is 3.42. The summed E-state index contributed by atoms with van der Waals surface area (Å²) in [4.78, 5) is 30.9. The summed E-state index contributed by atoms with van der Waals surface area (Å²) in [5.41, 5.74) is 0.907. The number of hydrogen-bond donors (Lipinski definition) is 1. The lowest BCUT2D eigenvalue weighted by molar-refractivity contribution is -0.130. The molecule has 0 unspecified atom stereocenters. The highest BCUT2D eigenvalue weighted by Crippen LogP contribution is 2.29. The zero-order chi connectivity index (χ0) is 16.2. The molecule has 0 radical (unpaired) electrons. The summed E-state index contributed by atoms with van der Waals surface area (Å²) < 4.78 is 0. The Labute approximate surface area is 145 Å². The van der Waals surface area contributed by atoms with Gasteiger partial charge in [-0.2, -0.15) is 11.8 Å². The van der Waals surface area contributed by atoms with Crippen LogP contribution < -0.4 is 5.32 Å². The molecule has 1 aliphatic heterocycles. The van der Waals surface area contributed by atoms with E-state index < -0.39 is 0 Å². The first kappa shape index (κ1) is 16.8. The summed E-state index contributed by atoms with van der Waals surface area (Å²) in [5, 5.41) is 6.03. The lowest BCUT2D eigenvalue weighted by atomic mass is 10.1. The highest BCUT2D eigenvalue weighted by atomic mass is 32.2. The van der Waals surface area contributed by atoms with Crippen LogP contribution >= 0.6 is 23.1 Å². The molecule has 1 aromatic heterocycles. The number of amides is 2. The van der Waals surface area contributed by atoms with Crippen molar-refractivity contribution in [1.82, 2.24) is 15.2 Å². The van der Waals surface area contributed by atoms with Crippen molar-refractivity contribution in [3.8, 4) is 0 Å². The van der Waals surface area contributed by atoms with E-state index in [-0.39, 0.29) is 17.7 Å². The highest BCUT2D eigenvalue weighted by Gasteiger charge is 2.38. The van der Waals surface area contributed by atoms with Crippen LogP contribution in [0.3, 0.4) is 0 Å². The smallest absolute Gasteiger partial charge is 0.225 e. The Morgan fingerprint density at radius 1 is 1.48 bits per heavy atom. The van der Waals surface area contributed by atoms with E-state index in [1.807, 2.05) is 10.3 Å². The molecular formula is C16H23N3O2S2. The van der Waals surface area contributed by atoms with Crippen molar-refractivity contribution in [1.29, 1.82) is 0 Å². The summed E-state index contributed by atoms with van der Waals surface area (Å²) in [6.45, 7) is 1.04. The molecular weight excluding hydrogens is 330 g/mol. The molecule has 2 heterocycles. The molecule has 5 nitrogen and oxygen atoms in total. The van der Waals surface area contributed by atoms with Crippen molar-refractivity contribution in [3.05, 3.63) is 16.1 Å². The second-order valence-corrected chi connectivity index (χ2v) is 8.08. The number of nitrogens with zero attached hydrogens (tertiary/aromatic N) is 2. The van der Waals surface area contributed by atoms with Crippen LogP contribution in [0.5, 0.6) is 0 Å². The number of rotatable bonds is 6. The molecule has 1 saturated heterocycles. The van der Waals surface area contributed by atoms with Gasteiger partial charge in [0.05, 0.1) is 18.2 Å². The number of nitrogens with one attached hydrogen (secondary N) is 1. The third kappa shape index (κ3) is 4.07. The third-order valence-electron chi connectivity index (χ3n) is 4.61. The predicted molar refractivity (Wildman–Crippen MR) is 93.3 cm³/mol. The second kappa shape index (κ2) is 7.66. The molecule has 23 heavy (non-hydrogen) atoms. The first-order valence-corrected chi connectivity index (χ1v) is 10.4. The van der Waals surface area contributed by atoms with Crippen molar-refractivity contribution in [2.45, 2.75) is 50.4 Å². The molecule has 1 aromatic rings. The van der Waals surface area contributed by atoms with E-state index in [2.05, 4.69) is 16.6 Å². The summed E-state index contributed by atoms with van der Waals surface area (Å²) in [6.07, 6.45) is 7.00. The van der Waals surface area contributed by atoms with E-state index >= 15 is 0 Å². The van der Waals surface area contributed by atoms with Gasteiger partial charge in [-0.25, -0.2) is 4.98 Å². The predicted octanol–water partition coefficient (Wildman–Crippen LogP) is 2.41. The maximum Gasteiger partial charge on any atom is 0.225 e. The Kier molecular flexibility index (Phi) is 5.58. The zero-order valence-corrected chi connectivity index (χ0v) is 15.0. The van der Waals surface area contributed by atoms with Gasteiger partial charge in [-0.1, -0.05) is 12.8 Å². The molecule has 126 valence electrons. The fourth-order valence-corrected chi connectivity index (χ4v) is 4.93. The standard InChI is InChI=1S/C16H23N3O2S2/c1-22-10-14-18-12(9-23-14)7-17-16(21)11-6-15(20)19(8-11)13-4-2-3-5-13/h9,11,13H,2-8,10H2,1H3,(H,17,21)/t11-/m1/s1. The molecule has 1 N–H and O–H groups in total. The third-order valence-corrected chi connectivity index (χ3v) is 6.25. The largest absolute Gasteiger partial charge is 0.350 e. The quantitative estimate of drug-likeness (QED) is 0.853. The van der Waals surface area contributed by atoms with Crippen LogP contribution in [0.15, 0.2) is 5.38 Å². The van der Waals surface area contributed by atoms with Crippen molar-refractivity contribution < 1.29 is 9.59 Å². The topological polar surface area (TPSA) is 62.3 Å². The first-order valence-electron chi connectivity index (χ1n) is 8.16. The van der Waals surface area contributed by atoms with E-state index in [0.29, 0.717) is 25.6 Å². The first-order chi connectivity index (χ1) is 11.2. The van der Waals surface area contributed by atoms with Gasteiger partial charge in [0.15, 0.2) is 0 Å². The average molecular weight is 354 g/mol. The Balaban J connectivity index is 1.49. The molecule has 2 amide bonds. The van der Waals surface area contributed by atoms with Crippen LogP contribution in [0.2, 0.25) is 0 Å².